The summed E-state index contributed by atoms with van der Waals surface area (Å²) < 4.78 is 12.3. The molecule has 0 aliphatic carbocycles. The summed E-state index contributed by atoms with van der Waals surface area (Å²) in [6, 6.07) is 5.75. The molecule has 1 aromatic carbocycles. The fourth-order valence-corrected chi connectivity index (χ4v) is 2.72. The third-order valence-electron chi connectivity index (χ3n) is 5.19. The molecule has 0 atom stereocenters. The van der Waals surface area contributed by atoms with Gasteiger partial charge < -0.3 is 14.1 Å². The fraction of sp³-hybridized carbons (Fsp3) is 0.556. The largest absolute Gasteiger partial charge is 0.495 e. The lowest BCUT2D eigenvalue weighted by Crippen LogP contribution is -2.41. The van der Waals surface area contributed by atoms with E-state index < -0.39 is 23.9 Å². The van der Waals surface area contributed by atoms with Gasteiger partial charge in [-0.1, -0.05) is 28.9 Å². The number of aryl methyl sites for hydroxylation is 1. The van der Waals surface area contributed by atoms with Crippen LogP contribution in [0.15, 0.2) is 23.4 Å². The van der Waals surface area contributed by atoms with Crippen molar-refractivity contribution in [3.63, 3.8) is 0 Å². The molecule has 0 aromatic heterocycles. The topological polar surface area (TPSA) is 57.1 Å². The standard InChI is InChI=1S/C18H24BNO4/c1-11-8-9-12(14-15(21)16(2,3)24-20-14)10-13(11)19-22-17(4,5)18(6,7)23-19/h8-10H,1-7H3. The highest BCUT2D eigenvalue weighted by molar-refractivity contribution is 6.63. The molecule has 1 aromatic rings. The van der Waals surface area contributed by atoms with Crippen LogP contribution in [-0.2, 0) is 18.9 Å². The molecule has 0 N–H and O–H groups in total. The molecule has 5 nitrogen and oxygen atoms in total. The molecule has 0 unspecified atom stereocenters. The Kier molecular flexibility index (Phi) is 3.70. The van der Waals surface area contributed by atoms with Crippen molar-refractivity contribution in [2.75, 3.05) is 0 Å². The quantitative estimate of drug-likeness (QED) is 0.782. The third kappa shape index (κ3) is 2.58. The van der Waals surface area contributed by atoms with Crippen LogP contribution in [0.3, 0.4) is 0 Å². The Balaban J connectivity index is 1.96. The zero-order chi connectivity index (χ0) is 17.9. The second kappa shape index (κ2) is 5.17. The Labute approximate surface area is 143 Å². The summed E-state index contributed by atoms with van der Waals surface area (Å²) in [6.45, 7) is 13.5. The van der Waals surface area contributed by atoms with Crippen molar-refractivity contribution in [3.05, 3.63) is 29.3 Å². The normalized spacial score (nSPS) is 24.0. The summed E-state index contributed by atoms with van der Waals surface area (Å²) in [5.74, 6) is -0.119. The number of nitrogens with zero attached hydrogens (tertiary/aromatic N) is 1. The monoisotopic (exact) mass is 329 g/mol. The van der Waals surface area contributed by atoms with E-state index >= 15 is 0 Å². The predicted octanol–water partition coefficient (Wildman–Crippen LogP) is 2.38. The van der Waals surface area contributed by atoms with Crippen LogP contribution in [0, 0.1) is 6.92 Å². The van der Waals surface area contributed by atoms with Crippen molar-refractivity contribution in [3.8, 4) is 0 Å². The van der Waals surface area contributed by atoms with Crippen LogP contribution in [0.1, 0.15) is 52.7 Å². The average Bonchev–Trinajstić information content (AvgIpc) is 2.84. The number of hydrogen-bond acceptors (Lipinski definition) is 5. The summed E-state index contributed by atoms with van der Waals surface area (Å²) in [5.41, 5.74) is 1.29. The Morgan fingerprint density at radius 1 is 1.00 bits per heavy atom. The average molecular weight is 329 g/mol. The molecule has 0 amide bonds. The van der Waals surface area contributed by atoms with Gasteiger partial charge in [-0.15, -0.1) is 0 Å². The van der Waals surface area contributed by atoms with Gasteiger partial charge in [-0.3, -0.25) is 4.79 Å². The zero-order valence-corrected chi connectivity index (χ0v) is 15.4. The van der Waals surface area contributed by atoms with Crippen molar-refractivity contribution in [2.24, 2.45) is 5.16 Å². The first-order chi connectivity index (χ1) is 10.9. The second-order valence-electron chi connectivity index (χ2n) is 8.03. The van der Waals surface area contributed by atoms with E-state index in [1.165, 1.54) is 0 Å². The van der Waals surface area contributed by atoms with Crippen molar-refractivity contribution < 1.29 is 18.9 Å². The molecule has 0 bridgehead atoms. The van der Waals surface area contributed by atoms with Gasteiger partial charge in [0.2, 0.25) is 5.78 Å². The van der Waals surface area contributed by atoms with Crippen molar-refractivity contribution in [1.29, 1.82) is 0 Å². The van der Waals surface area contributed by atoms with Gasteiger partial charge in [-0.05, 0) is 53.9 Å². The van der Waals surface area contributed by atoms with Gasteiger partial charge in [0.25, 0.3) is 0 Å². The molecular formula is C18H24BNO4. The maximum absolute atomic E-state index is 12.4. The van der Waals surface area contributed by atoms with Crippen LogP contribution in [0.25, 0.3) is 0 Å². The minimum Gasteiger partial charge on any atom is -0.399 e. The molecule has 0 spiro atoms. The van der Waals surface area contributed by atoms with Crippen LogP contribution in [0.2, 0.25) is 0 Å². The van der Waals surface area contributed by atoms with Gasteiger partial charge >= 0.3 is 7.12 Å². The van der Waals surface area contributed by atoms with Gasteiger partial charge in [0.1, 0.15) is 0 Å². The lowest BCUT2D eigenvalue weighted by Gasteiger charge is -2.32. The van der Waals surface area contributed by atoms with E-state index in [1.54, 1.807) is 13.8 Å². The molecule has 2 heterocycles. The molecule has 0 saturated carbocycles. The van der Waals surface area contributed by atoms with E-state index in [9.17, 15) is 4.79 Å². The van der Waals surface area contributed by atoms with Crippen LogP contribution < -0.4 is 5.46 Å². The van der Waals surface area contributed by atoms with E-state index in [2.05, 4.69) is 5.16 Å². The molecular weight excluding hydrogens is 305 g/mol. The predicted molar refractivity (Wildman–Crippen MR) is 93.6 cm³/mol. The van der Waals surface area contributed by atoms with Crippen molar-refractivity contribution >= 4 is 24.1 Å². The highest BCUT2D eigenvalue weighted by atomic mass is 16.7. The molecule has 24 heavy (non-hydrogen) atoms. The van der Waals surface area contributed by atoms with Crippen LogP contribution >= 0.6 is 0 Å². The highest BCUT2D eigenvalue weighted by Gasteiger charge is 2.52. The number of Topliss-reactive ketones (excluding diaryl/α,β-unsaturated/α-hetero) is 1. The number of carbonyl (C=O) groups is 1. The van der Waals surface area contributed by atoms with Gasteiger partial charge in [0.15, 0.2) is 11.3 Å². The highest BCUT2D eigenvalue weighted by Crippen LogP contribution is 2.36. The molecule has 2 aliphatic rings. The first-order valence-electron chi connectivity index (χ1n) is 8.22. The maximum atomic E-state index is 12.4. The first-order valence-corrected chi connectivity index (χ1v) is 8.22. The van der Waals surface area contributed by atoms with Gasteiger partial charge in [-0.2, -0.15) is 0 Å². The molecule has 0 radical (unpaired) electrons. The Morgan fingerprint density at radius 2 is 1.58 bits per heavy atom. The molecule has 1 saturated heterocycles. The van der Waals surface area contributed by atoms with E-state index in [4.69, 9.17) is 14.1 Å². The summed E-state index contributed by atoms with van der Waals surface area (Å²) >= 11 is 0. The summed E-state index contributed by atoms with van der Waals surface area (Å²) in [7, 11) is -0.471. The van der Waals surface area contributed by atoms with Gasteiger partial charge in [0.05, 0.1) is 11.2 Å². The zero-order valence-electron chi connectivity index (χ0n) is 15.4. The van der Waals surface area contributed by atoms with Crippen molar-refractivity contribution in [2.45, 2.75) is 65.3 Å². The maximum Gasteiger partial charge on any atom is 0.495 e. The van der Waals surface area contributed by atoms with Gasteiger partial charge in [-0.25, -0.2) is 0 Å². The van der Waals surface area contributed by atoms with E-state index in [0.717, 1.165) is 16.6 Å². The number of carbonyl (C=O) groups excluding carboxylic acids is 1. The van der Waals surface area contributed by atoms with E-state index in [1.807, 2.05) is 52.8 Å². The van der Waals surface area contributed by atoms with Gasteiger partial charge in [0, 0.05) is 5.56 Å². The summed E-state index contributed by atoms with van der Waals surface area (Å²) in [4.78, 5) is 17.7. The lowest BCUT2D eigenvalue weighted by molar-refractivity contribution is -0.128. The van der Waals surface area contributed by atoms with Crippen molar-refractivity contribution in [1.82, 2.24) is 0 Å². The molecule has 2 aliphatic heterocycles. The van der Waals surface area contributed by atoms with Crippen LogP contribution in [0.4, 0.5) is 0 Å². The molecule has 3 rings (SSSR count). The second-order valence-corrected chi connectivity index (χ2v) is 8.03. The Morgan fingerprint density at radius 3 is 2.08 bits per heavy atom. The number of ketones is 1. The number of oxime groups is 1. The first kappa shape index (κ1) is 17.2. The Bertz CT molecular complexity index is 721. The van der Waals surface area contributed by atoms with E-state index in [0.29, 0.717) is 5.71 Å². The van der Waals surface area contributed by atoms with E-state index in [-0.39, 0.29) is 5.78 Å². The van der Waals surface area contributed by atoms with Crippen LogP contribution in [0.5, 0.6) is 0 Å². The summed E-state index contributed by atoms with van der Waals surface area (Å²) in [5, 5.41) is 3.98. The molecule has 6 heteroatoms. The third-order valence-corrected chi connectivity index (χ3v) is 5.19. The molecule has 128 valence electrons. The number of rotatable bonds is 2. The van der Waals surface area contributed by atoms with Crippen LogP contribution in [-0.4, -0.2) is 35.4 Å². The number of hydrogen-bond donors (Lipinski definition) is 0. The number of benzene rings is 1. The lowest BCUT2D eigenvalue weighted by atomic mass is 9.75. The minimum atomic E-state index is -0.912. The smallest absolute Gasteiger partial charge is 0.399 e. The minimum absolute atomic E-state index is 0.119. The summed E-state index contributed by atoms with van der Waals surface area (Å²) in [6.07, 6.45) is 0. The molecule has 1 fully saturated rings. The SMILES string of the molecule is Cc1ccc(C2=NOC(C)(C)C2=O)cc1B1OC(C)(C)C(C)(C)O1. The Hall–Kier alpha value is -1.66. The fourth-order valence-electron chi connectivity index (χ4n) is 2.72.